The maximum Gasteiger partial charge on any atom is 0.242 e. The van der Waals surface area contributed by atoms with E-state index in [2.05, 4.69) is 21.7 Å². The van der Waals surface area contributed by atoms with Gasteiger partial charge in [0.05, 0.1) is 23.2 Å². The number of amides is 1. The van der Waals surface area contributed by atoms with E-state index in [1.54, 1.807) is 38.2 Å². The highest BCUT2D eigenvalue weighted by Gasteiger charge is 2.32. The Hall–Kier alpha value is -1.93. The Morgan fingerprint density at radius 1 is 1.31 bits per heavy atom. The summed E-state index contributed by atoms with van der Waals surface area (Å²) in [6.07, 6.45) is 2.36. The van der Waals surface area contributed by atoms with Crippen LogP contribution in [0.3, 0.4) is 0 Å². The number of hydrogen-bond acceptors (Lipinski definition) is 6. The number of anilines is 1. The second kappa shape index (κ2) is 7.00. The monoisotopic (exact) mass is 393 g/mol. The van der Waals surface area contributed by atoms with Crippen molar-refractivity contribution in [2.45, 2.75) is 43.5 Å². The molecule has 8 heteroatoms. The van der Waals surface area contributed by atoms with Crippen molar-refractivity contribution in [3.63, 3.8) is 0 Å². The van der Waals surface area contributed by atoms with Crippen LogP contribution in [-0.2, 0) is 27.6 Å². The topological polar surface area (TPSA) is 79.4 Å². The van der Waals surface area contributed by atoms with Crippen LogP contribution in [0.4, 0.5) is 5.69 Å². The number of hydrogen-bond donors (Lipinski definition) is 1. The minimum Gasteiger partial charge on any atom is -0.375 e. The van der Waals surface area contributed by atoms with Crippen LogP contribution in [0.5, 0.6) is 0 Å². The SMILES string of the molecule is CC(C)(C)S(=O)(=O)c1ccc(NCC(=O)N2CCc3sccc3C2)cn1. The van der Waals surface area contributed by atoms with E-state index in [1.807, 2.05) is 4.90 Å². The number of nitrogens with one attached hydrogen (secondary N) is 1. The van der Waals surface area contributed by atoms with Gasteiger partial charge in [-0.25, -0.2) is 13.4 Å². The Morgan fingerprint density at radius 2 is 2.08 bits per heavy atom. The number of aromatic nitrogens is 1. The average Bonchev–Trinajstić information content (AvgIpc) is 3.06. The van der Waals surface area contributed by atoms with Crippen LogP contribution in [-0.4, -0.2) is 42.0 Å². The quantitative estimate of drug-likeness (QED) is 0.864. The molecule has 0 saturated heterocycles. The van der Waals surface area contributed by atoms with Gasteiger partial charge in [-0.3, -0.25) is 4.79 Å². The molecular weight excluding hydrogens is 370 g/mol. The van der Waals surface area contributed by atoms with Gasteiger partial charge in [-0.1, -0.05) is 0 Å². The zero-order chi connectivity index (χ0) is 18.9. The van der Waals surface area contributed by atoms with Gasteiger partial charge in [-0.05, 0) is 56.3 Å². The molecule has 1 N–H and O–H groups in total. The molecule has 0 atom stereocenters. The molecule has 0 aromatic carbocycles. The molecule has 1 aliphatic heterocycles. The van der Waals surface area contributed by atoms with Gasteiger partial charge in [0, 0.05) is 18.0 Å². The second-order valence-corrected chi connectivity index (χ2v) is 10.9. The standard InChI is InChI=1S/C18H23N3O3S2/c1-18(2,3)26(23,24)16-5-4-14(10-20-16)19-11-17(22)21-8-6-15-13(12-21)7-9-25-15/h4-5,7,9-10,19H,6,8,11-12H2,1-3H3. The lowest BCUT2D eigenvalue weighted by molar-refractivity contribution is -0.130. The van der Waals surface area contributed by atoms with Crippen LogP contribution in [0.2, 0.25) is 0 Å². The van der Waals surface area contributed by atoms with Crippen molar-refractivity contribution in [2.24, 2.45) is 0 Å². The summed E-state index contributed by atoms with van der Waals surface area (Å²) in [6.45, 7) is 6.48. The Bertz CT molecular complexity index is 897. The fraction of sp³-hybridized carbons (Fsp3) is 0.444. The summed E-state index contributed by atoms with van der Waals surface area (Å²) in [5.41, 5.74) is 1.85. The number of rotatable bonds is 4. The minimum atomic E-state index is -3.48. The van der Waals surface area contributed by atoms with Crippen LogP contribution >= 0.6 is 11.3 Å². The third-order valence-corrected chi connectivity index (χ3v) is 7.85. The molecule has 1 aliphatic rings. The van der Waals surface area contributed by atoms with Gasteiger partial charge in [-0.2, -0.15) is 0 Å². The number of pyridine rings is 1. The molecule has 0 spiro atoms. The third kappa shape index (κ3) is 3.76. The Balaban J connectivity index is 1.60. The van der Waals surface area contributed by atoms with Gasteiger partial charge in [0.15, 0.2) is 14.9 Å². The summed E-state index contributed by atoms with van der Waals surface area (Å²) in [6, 6.07) is 5.20. The number of nitrogens with zero attached hydrogens (tertiary/aromatic N) is 2. The van der Waals surface area contributed by atoms with Crippen LogP contribution in [0.15, 0.2) is 34.8 Å². The van der Waals surface area contributed by atoms with Crippen molar-refractivity contribution in [1.29, 1.82) is 0 Å². The molecule has 6 nitrogen and oxygen atoms in total. The molecule has 3 rings (SSSR count). The number of carbonyl (C=O) groups excluding carboxylic acids is 1. The first-order chi connectivity index (χ1) is 12.2. The van der Waals surface area contributed by atoms with Crippen molar-refractivity contribution >= 4 is 32.8 Å². The largest absolute Gasteiger partial charge is 0.375 e. The molecule has 0 unspecified atom stereocenters. The predicted octanol–water partition coefficient (Wildman–Crippen LogP) is 2.71. The molecule has 2 aromatic rings. The van der Waals surface area contributed by atoms with Gasteiger partial charge < -0.3 is 10.2 Å². The summed E-state index contributed by atoms with van der Waals surface area (Å²) >= 11 is 1.74. The van der Waals surface area contributed by atoms with E-state index in [4.69, 9.17) is 0 Å². The molecule has 26 heavy (non-hydrogen) atoms. The van der Waals surface area contributed by atoms with Crippen molar-refractivity contribution in [1.82, 2.24) is 9.88 Å². The van der Waals surface area contributed by atoms with E-state index >= 15 is 0 Å². The average molecular weight is 394 g/mol. The van der Waals surface area contributed by atoms with Gasteiger partial charge in [-0.15, -0.1) is 11.3 Å². The number of thiophene rings is 1. The summed E-state index contributed by atoms with van der Waals surface area (Å²) in [5.74, 6) is 0.0215. The first-order valence-electron chi connectivity index (χ1n) is 8.46. The predicted molar refractivity (Wildman–Crippen MR) is 103 cm³/mol. The van der Waals surface area contributed by atoms with Gasteiger partial charge in [0.2, 0.25) is 5.91 Å². The lowest BCUT2D eigenvalue weighted by Gasteiger charge is -2.27. The summed E-state index contributed by atoms with van der Waals surface area (Å²) < 4.78 is 23.8. The van der Waals surface area contributed by atoms with Crippen molar-refractivity contribution in [2.75, 3.05) is 18.4 Å². The minimum absolute atomic E-state index is 0.0215. The molecule has 0 aliphatic carbocycles. The highest BCUT2D eigenvalue weighted by atomic mass is 32.2. The highest BCUT2D eigenvalue weighted by Crippen LogP contribution is 2.25. The molecule has 0 fully saturated rings. The normalized spacial score (nSPS) is 14.8. The Labute approximate surface area is 158 Å². The molecule has 3 heterocycles. The first-order valence-corrected chi connectivity index (χ1v) is 10.8. The van der Waals surface area contributed by atoms with Crippen molar-refractivity contribution < 1.29 is 13.2 Å². The van der Waals surface area contributed by atoms with E-state index in [1.165, 1.54) is 22.7 Å². The van der Waals surface area contributed by atoms with Crippen LogP contribution in [0.25, 0.3) is 0 Å². The number of carbonyl (C=O) groups is 1. The highest BCUT2D eigenvalue weighted by molar-refractivity contribution is 7.92. The summed E-state index contributed by atoms with van der Waals surface area (Å²) in [5, 5.41) is 5.14. The molecule has 140 valence electrons. The van der Waals surface area contributed by atoms with Crippen molar-refractivity contribution in [3.05, 3.63) is 40.2 Å². The second-order valence-electron chi connectivity index (χ2n) is 7.29. The van der Waals surface area contributed by atoms with Crippen LogP contribution in [0, 0.1) is 0 Å². The van der Waals surface area contributed by atoms with E-state index in [9.17, 15) is 13.2 Å². The van der Waals surface area contributed by atoms with E-state index in [-0.39, 0.29) is 17.5 Å². The zero-order valence-electron chi connectivity index (χ0n) is 15.2. The van der Waals surface area contributed by atoms with Crippen LogP contribution in [0.1, 0.15) is 31.2 Å². The van der Waals surface area contributed by atoms with Crippen molar-refractivity contribution in [3.8, 4) is 0 Å². The summed E-state index contributed by atoms with van der Waals surface area (Å²) in [4.78, 5) is 19.7. The number of sulfone groups is 1. The lowest BCUT2D eigenvalue weighted by Crippen LogP contribution is -2.38. The maximum atomic E-state index is 12.4. The van der Waals surface area contributed by atoms with Gasteiger partial charge >= 0.3 is 0 Å². The lowest BCUT2D eigenvalue weighted by atomic mass is 10.1. The molecule has 2 aromatic heterocycles. The van der Waals surface area contributed by atoms with E-state index < -0.39 is 14.6 Å². The maximum absolute atomic E-state index is 12.4. The Morgan fingerprint density at radius 3 is 2.73 bits per heavy atom. The van der Waals surface area contributed by atoms with Gasteiger partial charge in [0.25, 0.3) is 0 Å². The van der Waals surface area contributed by atoms with E-state index in [0.29, 0.717) is 12.2 Å². The number of fused-ring (bicyclic) bond motifs is 1. The van der Waals surface area contributed by atoms with Gasteiger partial charge in [0.1, 0.15) is 0 Å². The van der Waals surface area contributed by atoms with E-state index in [0.717, 1.165) is 13.0 Å². The molecule has 0 bridgehead atoms. The summed E-state index contributed by atoms with van der Waals surface area (Å²) in [7, 11) is -3.48. The fourth-order valence-corrected chi connectivity index (χ4v) is 4.66. The molecule has 0 radical (unpaired) electrons. The molecule has 1 amide bonds. The zero-order valence-corrected chi connectivity index (χ0v) is 16.8. The smallest absolute Gasteiger partial charge is 0.242 e. The fourth-order valence-electron chi connectivity index (χ4n) is 2.71. The Kier molecular flexibility index (Phi) is 5.07. The van der Waals surface area contributed by atoms with Crippen LogP contribution < -0.4 is 5.32 Å². The molecule has 0 saturated carbocycles. The third-order valence-electron chi connectivity index (χ3n) is 4.42. The molecular formula is C18H23N3O3S2. The first kappa shape index (κ1) is 18.8.